The van der Waals surface area contributed by atoms with Crippen molar-refractivity contribution in [1.82, 2.24) is 15.2 Å². The number of aryl methyl sites for hydroxylation is 1. The van der Waals surface area contributed by atoms with Gasteiger partial charge in [-0.1, -0.05) is 18.3 Å². The molecular weight excluding hydrogens is 294 g/mol. The Kier molecular flexibility index (Phi) is 5.57. The van der Waals surface area contributed by atoms with Crippen molar-refractivity contribution in [3.63, 3.8) is 0 Å². The van der Waals surface area contributed by atoms with Crippen LogP contribution >= 0.6 is 22.7 Å². The summed E-state index contributed by atoms with van der Waals surface area (Å²) in [5, 5.41) is 15.1. The molecule has 0 aliphatic heterocycles. The van der Waals surface area contributed by atoms with Crippen LogP contribution in [0.3, 0.4) is 0 Å². The Bertz CT molecular complexity index is 517. The van der Waals surface area contributed by atoms with Gasteiger partial charge in [-0.05, 0) is 13.0 Å². The standard InChI is InChI=1S/C12H17N5OS2/c1-2-3-11-16-17-12(20-11)15-9(18)6-8-7-19-10(14-8)4-5-13/h7H,2-6,13H2,1H3,(H,15,17,18). The first-order valence-electron chi connectivity index (χ1n) is 6.46. The number of hydrogen-bond donors (Lipinski definition) is 2. The van der Waals surface area contributed by atoms with E-state index in [9.17, 15) is 4.79 Å². The molecule has 0 aliphatic carbocycles. The molecule has 0 aliphatic rings. The lowest BCUT2D eigenvalue weighted by atomic mass is 10.3. The van der Waals surface area contributed by atoms with Crippen LogP contribution in [0.4, 0.5) is 5.13 Å². The van der Waals surface area contributed by atoms with Gasteiger partial charge in [0, 0.05) is 18.2 Å². The smallest absolute Gasteiger partial charge is 0.232 e. The van der Waals surface area contributed by atoms with E-state index in [4.69, 9.17) is 5.73 Å². The van der Waals surface area contributed by atoms with Gasteiger partial charge in [-0.3, -0.25) is 4.79 Å². The lowest BCUT2D eigenvalue weighted by Gasteiger charge is -1.98. The Morgan fingerprint density at radius 3 is 2.95 bits per heavy atom. The summed E-state index contributed by atoms with van der Waals surface area (Å²) in [7, 11) is 0. The van der Waals surface area contributed by atoms with Crippen molar-refractivity contribution in [3.05, 3.63) is 21.1 Å². The summed E-state index contributed by atoms with van der Waals surface area (Å²) in [5.41, 5.74) is 6.25. The van der Waals surface area contributed by atoms with Gasteiger partial charge in [-0.2, -0.15) is 0 Å². The fraction of sp³-hybridized carbons (Fsp3) is 0.500. The van der Waals surface area contributed by atoms with Crippen molar-refractivity contribution >= 4 is 33.7 Å². The van der Waals surface area contributed by atoms with E-state index in [2.05, 4.69) is 27.4 Å². The Labute approximate surface area is 125 Å². The maximum absolute atomic E-state index is 11.9. The molecule has 0 atom stereocenters. The third-order valence-electron chi connectivity index (χ3n) is 2.48. The van der Waals surface area contributed by atoms with Gasteiger partial charge >= 0.3 is 0 Å². The number of carbonyl (C=O) groups excluding carboxylic acids is 1. The van der Waals surface area contributed by atoms with Crippen LogP contribution in [0.25, 0.3) is 0 Å². The molecule has 108 valence electrons. The number of nitrogens with zero attached hydrogens (tertiary/aromatic N) is 3. The molecule has 0 bridgehead atoms. The topological polar surface area (TPSA) is 93.8 Å². The van der Waals surface area contributed by atoms with E-state index in [0.717, 1.165) is 35.0 Å². The average molecular weight is 311 g/mol. The molecule has 20 heavy (non-hydrogen) atoms. The first-order valence-corrected chi connectivity index (χ1v) is 8.16. The molecule has 0 unspecified atom stereocenters. The van der Waals surface area contributed by atoms with Crippen molar-refractivity contribution < 1.29 is 4.79 Å². The van der Waals surface area contributed by atoms with E-state index >= 15 is 0 Å². The van der Waals surface area contributed by atoms with Crippen molar-refractivity contribution in [2.24, 2.45) is 5.73 Å². The van der Waals surface area contributed by atoms with Crippen molar-refractivity contribution in [2.75, 3.05) is 11.9 Å². The molecule has 2 aromatic heterocycles. The maximum atomic E-state index is 11.9. The van der Waals surface area contributed by atoms with E-state index in [1.165, 1.54) is 22.7 Å². The number of thiazole rings is 1. The summed E-state index contributed by atoms with van der Waals surface area (Å²) in [4.78, 5) is 16.2. The van der Waals surface area contributed by atoms with E-state index < -0.39 is 0 Å². The Hall–Kier alpha value is -1.38. The zero-order valence-electron chi connectivity index (χ0n) is 11.3. The lowest BCUT2D eigenvalue weighted by molar-refractivity contribution is -0.115. The fourth-order valence-corrected chi connectivity index (χ4v) is 3.29. The molecule has 6 nitrogen and oxygen atoms in total. The highest BCUT2D eigenvalue weighted by Crippen LogP contribution is 2.17. The normalized spacial score (nSPS) is 10.7. The summed E-state index contributed by atoms with van der Waals surface area (Å²) >= 11 is 2.96. The first kappa shape index (κ1) is 15.0. The van der Waals surface area contributed by atoms with E-state index in [-0.39, 0.29) is 12.3 Å². The number of nitrogens with two attached hydrogens (primary N) is 1. The molecule has 8 heteroatoms. The molecule has 1 amide bonds. The fourth-order valence-electron chi connectivity index (χ4n) is 1.62. The van der Waals surface area contributed by atoms with E-state index in [1.807, 2.05) is 5.38 Å². The van der Waals surface area contributed by atoms with Crippen LogP contribution in [0.5, 0.6) is 0 Å². The number of nitrogens with one attached hydrogen (secondary N) is 1. The molecule has 3 N–H and O–H groups in total. The second-order valence-electron chi connectivity index (χ2n) is 4.25. The van der Waals surface area contributed by atoms with Crippen molar-refractivity contribution in [1.29, 1.82) is 0 Å². The maximum Gasteiger partial charge on any atom is 0.232 e. The monoisotopic (exact) mass is 311 g/mol. The van der Waals surface area contributed by atoms with Crippen LogP contribution in [-0.4, -0.2) is 27.6 Å². The van der Waals surface area contributed by atoms with Crippen molar-refractivity contribution in [3.8, 4) is 0 Å². The van der Waals surface area contributed by atoms with E-state index in [0.29, 0.717) is 11.7 Å². The quantitative estimate of drug-likeness (QED) is 0.810. The summed E-state index contributed by atoms with van der Waals surface area (Å²) in [6.45, 7) is 2.66. The lowest BCUT2D eigenvalue weighted by Crippen LogP contribution is -2.14. The van der Waals surface area contributed by atoms with Gasteiger partial charge in [0.05, 0.1) is 17.1 Å². The Morgan fingerprint density at radius 2 is 2.20 bits per heavy atom. The largest absolute Gasteiger partial charge is 0.330 e. The average Bonchev–Trinajstić information content (AvgIpc) is 3.00. The van der Waals surface area contributed by atoms with Gasteiger partial charge in [0.25, 0.3) is 0 Å². The van der Waals surface area contributed by atoms with Crippen LogP contribution in [0.2, 0.25) is 0 Å². The molecule has 0 saturated carbocycles. The van der Waals surface area contributed by atoms with Gasteiger partial charge in [0.15, 0.2) is 0 Å². The third-order valence-corrected chi connectivity index (χ3v) is 4.33. The van der Waals surface area contributed by atoms with Crippen LogP contribution in [0.1, 0.15) is 29.1 Å². The summed E-state index contributed by atoms with van der Waals surface area (Å²) in [6.07, 6.45) is 2.92. The molecular formula is C12H17N5OS2. The predicted octanol–water partition coefficient (Wildman–Crippen LogP) is 1.63. The highest BCUT2D eigenvalue weighted by atomic mass is 32.1. The minimum Gasteiger partial charge on any atom is -0.330 e. The minimum atomic E-state index is -0.117. The number of rotatable bonds is 7. The zero-order valence-corrected chi connectivity index (χ0v) is 12.9. The summed E-state index contributed by atoms with van der Waals surface area (Å²) < 4.78 is 0. The van der Waals surface area contributed by atoms with Gasteiger partial charge < -0.3 is 11.1 Å². The highest BCUT2D eigenvalue weighted by molar-refractivity contribution is 7.15. The van der Waals surface area contributed by atoms with Crippen LogP contribution in [0, 0.1) is 0 Å². The summed E-state index contributed by atoms with van der Waals surface area (Å²) in [6, 6.07) is 0. The number of amides is 1. The highest BCUT2D eigenvalue weighted by Gasteiger charge is 2.10. The molecule has 2 rings (SSSR count). The molecule has 2 aromatic rings. The van der Waals surface area contributed by atoms with Gasteiger partial charge in [0.2, 0.25) is 11.0 Å². The van der Waals surface area contributed by atoms with E-state index in [1.54, 1.807) is 0 Å². The molecule has 0 aromatic carbocycles. The predicted molar refractivity (Wildman–Crippen MR) is 81.1 cm³/mol. The van der Waals surface area contributed by atoms with Gasteiger partial charge in [-0.25, -0.2) is 4.98 Å². The number of anilines is 1. The molecule has 2 heterocycles. The minimum absolute atomic E-state index is 0.117. The Balaban J connectivity index is 1.87. The third kappa shape index (κ3) is 4.32. The molecule has 0 fully saturated rings. The summed E-state index contributed by atoms with van der Waals surface area (Å²) in [5.74, 6) is -0.117. The molecule has 0 spiro atoms. The van der Waals surface area contributed by atoms with Gasteiger partial charge in [-0.15, -0.1) is 21.5 Å². The van der Waals surface area contributed by atoms with Crippen LogP contribution in [-0.2, 0) is 24.1 Å². The van der Waals surface area contributed by atoms with Crippen LogP contribution < -0.4 is 11.1 Å². The molecule has 0 radical (unpaired) electrons. The first-order chi connectivity index (χ1) is 9.71. The number of hydrogen-bond acceptors (Lipinski definition) is 7. The number of aromatic nitrogens is 3. The molecule has 0 saturated heterocycles. The second kappa shape index (κ2) is 7.41. The van der Waals surface area contributed by atoms with Gasteiger partial charge in [0.1, 0.15) is 5.01 Å². The van der Waals surface area contributed by atoms with Crippen LogP contribution in [0.15, 0.2) is 5.38 Å². The Morgan fingerprint density at radius 1 is 1.35 bits per heavy atom. The number of carbonyl (C=O) groups is 1. The zero-order chi connectivity index (χ0) is 14.4. The SMILES string of the molecule is CCCc1nnc(NC(=O)Cc2csc(CCN)n2)s1. The second-order valence-corrected chi connectivity index (χ2v) is 6.25. The van der Waals surface area contributed by atoms with Crippen molar-refractivity contribution in [2.45, 2.75) is 32.6 Å².